The average Bonchev–Trinajstić information content (AvgIpc) is 3.51. The van der Waals surface area contributed by atoms with Gasteiger partial charge in [0.25, 0.3) is 5.91 Å². The standard InChI is InChI=1S/C15H15N5O.C7H10.2C2H6.CH3F/c1-19-13(15(21)20-5-2-6-20)7-10-3-4-12(18-14(10)19)11-8-16-17-9-11;1-3-5-7-6-4-2;3*1-2/h3-4,7-9H,2,5-6H2,1H3,(H,16,17);3-7H,1H2,2H3;2*1-2H3;1H3/b;6-4-,7-5-;;;. The van der Waals surface area contributed by atoms with E-state index in [9.17, 15) is 9.18 Å². The number of aryl methyl sites for hydroxylation is 1. The highest BCUT2D eigenvalue weighted by atomic mass is 19.1. The monoisotopic (exact) mass is 469 g/mol. The molecule has 0 radical (unpaired) electrons. The molecule has 0 unspecified atom stereocenters. The topological polar surface area (TPSA) is 66.8 Å². The molecule has 4 heterocycles. The van der Waals surface area contributed by atoms with Crippen molar-refractivity contribution in [2.75, 3.05) is 20.3 Å². The molecule has 0 bridgehead atoms. The van der Waals surface area contributed by atoms with Gasteiger partial charge in [-0.2, -0.15) is 5.10 Å². The summed E-state index contributed by atoms with van der Waals surface area (Å²) in [7, 11) is 2.39. The Bertz CT molecular complexity index is 1020. The Hall–Kier alpha value is -3.48. The fourth-order valence-electron chi connectivity index (χ4n) is 2.89. The fraction of sp³-hybridized carbons (Fsp3) is 0.370. The number of hydrogen-bond donors (Lipinski definition) is 1. The molecule has 0 atom stereocenters. The number of pyridine rings is 1. The number of fused-ring (bicyclic) bond motifs is 1. The highest BCUT2D eigenvalue weighted by Gasteiger charge is 2.24. The normalized spacial score (nSPS) is 11.7. The number of aromatic nitrogens is 4. The second-order valence-corrected chi connectivity index (χ2v) is 6.48. The quantitative estimate of drug-likeness (QED) is 0.430. The van der Waals surface area contributed by atoms with Crippen LogP contribution >= 0.6 is 0 Å². The van der Waals surface area contributed by atoms with Crippen LogP contribution in [0.2, 0.25) is 0 Å². The van der Waals surface area contributed by atoms with Crippen LogP contribution in [0.15, 0.2) is 67.6 Å². The van der Waals surface area contributed by atoms with Gasteiger partial charge in [0.05, 0.1) is 19.1 Å². The van der Waals surface area contributed by atoms with Crippen molar-refractivity contribution in [2.24, 2.45) is 7.05 Å². The lowest BCUT2D eigenvalue weighted by atomic mass is 10.2. The number of halogens is 1. The van der Waals surface area contributed by atoms with Crippen molar-refractivity contribution in [1.82, 2.24) is 24.6 Å². The molecule has 1 N–H and O–H groups in total. The van der Waals surface area contributed by atoms with Gasteiger partial charge in [0.2, 0.25) is 0 Å². The van der Waals surface area contributed by atoms with E-state index in [4.69, 9.17) is 0 Å². The van der Waals surface area contributed by atoms with Gasteiger partial charge in [0.1, 0.15) is 11.3 Å². The summed E-state index contributed by atoms with van der Waals surface area (Å²) < 4.78 is 11.4. The van der Waals surface area contributed by atoms with E-state index in [1.54, 1.807) is 12.3 Å². The molecule has 1 fully saturated rings. The molecule has 0 aliphatic carbocycles. The van der Waals surface area contributed by atoms with Crippen LogP contribution < -0.4 is 0 Å². The summed E-state index contributed by atoms with van der Waals surface area (Å²) in [5.41, 5.74) is 3.30. The van der Waals surface area contributed by atoms with Gasteiger partial charge in [-0.1, -0.05) is 64.7 Å². The minimum atomic E-state index is 0.0895. The fourth-order valence-corrected chi connectivity index (χ4v) is 2.89. The van der Waals surface area contributed by atoms with Gasteiger partial charge in [-0.3, -0.25) is 14.3 Å². The van der Waals surface area contributed by atoms with Gasteiger partial charge in [-0.25, -0.2) is 4.98 Å². The summed E-state index contributed by atoms with van der Waals surface area (Å²) in [6.45, 7) is 15.2. The van der Waals surface area contributed by atoms with Crippen molar-refractivity contribution in [2.45, 2.75) is 41.0 Å². The molecule has 4 rings (SSSR count). The summed E-state index contributed by atoms with van der Waals surface area (Å²) in [5, 5.41) is 7.71. The zero-order valence-corrected chi connectivity index (χ0v) is 21.7. The summed E-state index contributed by atoms with van der Waals surface area (Å²) in [6, 6.07) is 5.87. The number of amides is 1. The molecule has 1 aliphatic rings. The van der Waals surface area contributed by atoms with Crippen molar-refractivity contribution in [3.63, 3.8) is 0 Å². The number of H-pyrrole nitrogens is 1. The number of hydrogen-bond acceptors (Lipinski definition) is 3. The third-order valence-corrected chi connectivity index (χ3v) is 4.58. The second kappa shape index (κ2) is 18.0. The van der Waals surface area contributed by atoms with E-state index >= 15 is 0 Å². The molecule has 0 aromatic carbocycles. The van der Waals surface area contributed by atoms with Crippen molar-refractivity contribution in [1.29, 1.82) is 0 Å². The first-order valence-electron chi connectivity index (χ1n) is 11.7. The van der Waals surface area contributed by atoms with Gasteiger partial charge >= 0.3 is 0 Å². The first-order chi connectivity index (χ1) is 16.7. The summed E-state index contributed by atoms with van der Waals surface area (Å²) in [4.78, 5) is 18.9. The highest BCUT2D eigenvalue weighted by molar-refractivity contribution is 5.98. The molecule has 6 nitrogen and oxygen atoms in total. The smallest absolute Gasteiger partial charge is 0.270 e. The predicted octanol–water partition coefficient (Wildman–Crippen LogP) is 6.75. The number of likely N-dealkylation sites (tertiary alicyclic amines) is 1. The lowest BCUT2D eigenvalue weighted by Gasteiger charge is -2.30. The lowest BCUT2D eigenvalue weighted by Crippen LogP contribution is -2.42. The predicted molar refractivity (Wildman–Crippen MR) is 143 cm³/mol. The Kier molecular flexibility index (Phi) is 16.2. The minimum absolute atomic E-state index is 0.0895. The van der Waals surface area contributed by atoms with Crippen LogP contribution in [0.4, 0.5) is 4.39 Å². The SMILES string of the molecule is C=C/C=C\C=C/C.CC.CC.CF.Cn1c(C(=O)N2CCC2)cc2ccc(-c3cn[nH]c3)nc21. The molecule has 3 aromatic heterocycles. The molecule has 0 saturated carbocycles. The van der Waals surface area contributed by atoms with E-state index in [1.807, 2.05) is 99.8 Å². The maximum absolute atomic E-state index is 12.4. The number of nitrogens with one attached hydrogen (secondary N) is 1. The van der Waals surface area contributed by atoms with Crippen molar-refractivity contribution >= 4 is 16.9 Å². The lowest BCUT2D eigenvalue weighted by molar-refractivity contribution is 0.0642. The van der Waals surface area contributed by atoms with Gasteiger partial charge in [0, 0.05) is 37.3 Å². The minimum Gasteiger partial charge on any atom is -0.337 e. The molecule has 1 amide bonds. The molecule has 1 saturated heterocycles. The van der Waals surface area contributed by atoms with Crippen LogP contribution in [-0.4, -0.2) is 50.8 Å². The number of carbonyl (C=O) groups excluding carboxylic acids is 1. The molecule has 7 heteroatoms. The Labute approximate surface area is 203 Å². The number of nitrogens with zero attached hydrogens (tertiary/aromatic N) is 4. The van der Waals surface area contributed by atoms with Crippen molar-refractivity contribution in [3.05, 3.63) is 73.2 Å². The van der Waals surface area contributed by atoms with Gasteiger partial charge < -0.3 is 9.47 Å². The van der Waals surface area contributed by atoms with E-state index < -0.39 is 0 Å². The number of carbonyl (C=O) groups is 1. The first kappa shape index (κ1) is 30.5. The molecule has 186 valence electrons. The Morgan fingerprint density at radius 3 is 2.29 bits per heavy atom. The maximum Gasteiger partial charge on any atom is 0.270 e. The average molecular weight is 470 g/mol. The van der Waals surface area contributed by atoms with Crippen LogP contribution in [0.25, 0.3) is 22.3 Å². The third kappa shape index (κ3) is 8.46. The molecule has 1 aliphatic heterocycles. The summed E-state index contributed by atoms with van der Waals surface area (Å²) >= 11 is 0. The number of aromatic amines is 1. The van der Waals surface area contributed by atoms with Gasteiger partial charge in [-0.15, -0.1) is 0 Å². The van der Waals surface area contributed by atoms with Crippen LogP contribution in [0, 0.1) is 0 Å². The zero-order valence-electron chi connectivity index (χ0n) is 21.7. The highest BCUT2D eigenvalue weighted by Crippen LogP contribution is 2.24. The van der Waals surface area contributed by atoms with Crippen molar-refractivity contribution < 1.29 is 9.18 Å². The summed E-state index contributed by atoms with van der Waals surface area (Å²) in [6.07, 6.45) is 14.2. The van der Waals surface area contributed by atoms with E-state index in [1.165, 1.54) is 0 Å². The van der Waals surface area contributed by atoms with E-state index in [0.29, 0.717) is 12.9 Å². The molecule has 3 aromatic rings. The second-order valence-electron chi connectivity index (χ2n) is 6.48. The zero-order chi connectivity index (χ0) is 25.9. The maximum atomic E-state index is 12.4. The molecular weight excluding hydrogens is 429 g/mol. The Morgan fingerprint density at radius 2 is 1.79 bits per heavy atom. The van der Waals surface area contributed by atoms with E-state index in [2.05, 4.69) is 21.8 Å². The van der Waals surface area contributed by atoms with E-state index in [0.717, 1.165) is 41.8 Å². The number of rotatable bonds is 4. The number of alkyl halides is 1. The molecule has 34 heavy (non-hydrogen) atoms. The van der Waals surface area contributed by atoms with Crippen molar-refractivity contribution in [3.8, 4) is 11.3 Å². The first-order valence-corrected chi connectivity index (χ1v) is 11.7. The van der Waals surface area contributed by atoms with Crippen LogP contribution in [0.1, 0.15) is 51.5 Å². The van der Waals surface area contributed by atoms with Crippen LogP contribution in [0.3, 0.4) is 0 Å². The van der Waals surface area contributed by atoms with Gasteiger partial charge in [-0.05, 0) is 31.5 Å². The molecule has 0 spiro atoms. The molecular formula is C27H40FN5O. The third-order valence-electron chi connectivity index (χ3n) is 4.58. The Morgan fingerprint density at radius 1 is 1.12 bits per heavy atom. The Balaban J connectivity index is 0.000000714. The van der Waals surface area contributed by atoms with Crippen LogP contribution in [0.5, 0.6) is 0 Å². The van der Waals surface area contributed by atoms with Gasteiger partial charge in [0.15, 0.2) is 0 Å². The van der Waals surface area contributed by atoms with Crippen LogP contribution in [-0.2, 0) is 7.05 Å². The van der Waals surface area contributed by atoms with E-state index in [-0.39, 0.29) is 5.91 Å². The number of allylic oxidation sites excluding steroid dienone is 5. The summed E-state index contributed by atoms with van der Waals surface area (Å²) in [5.74, 6) is 0.0895. The largest absolute Gasteiger partial charge is 0.337 e.